The zero-order valence-corrected chi connectivity index (χ0v) is 6.83. The number of ether oxygens (including phenoxy) is 2. The summed E-state index contributed by atoms with van der Waals surface area (Å²) in [7, 11) is 3.23. The predicted molar refractivity (Wildman–Crippen MR) is 39.0 cm³/mol. The molecule has 0 rings (SSSR count). The molecule has 0 aliphatic carbocycles. The summed E-state index contributed by atoms with van der Waals surface area (Å²) < 4.78 is 9.94. The van der Waals surface area contributed by atoms with Gasteiger partial charge in [-0.05, 0) is 6.92 Å². The first-order chi connectivity index (χ1) is 4.74. The Morgan fingerprint density at radius 3 is 2.20 bits per heavy atom. The fourth-order valence-electron chi connectivity index (χ4n) is 0.712. The molecule has 0 amide bonds. The van der Waals surface area contributed by atoms with Gasteiger partial charge in [0.15, 0.2) is 0 Å². The van der Waals surface area contributed by atoms with Crippen molar-refractivity contribution in [3.63, 3.8) is 0 Å². The molecule has 62 valence electrons. The van der Waals surface area contributed by atoms with Crippen molar-refractivity contribution in [1.82, 2.24) is 0 Å². The van der Waals surface area contributed by atoms with Crippen LogP contribution in [0.5, 0.6) is 0 Å². The van der Waals surface area contributed by atoms with Crippen LogP contribution in [0.2, 0.25) is 0 Å². The van der Waals surface area contributed by atoms with Crippen LogP contribution in [0, 0.1) is 0 Å². The number of aliphatic hydroxyl groups excluding tert-OH is 1. The minimum absolute atomic E-state index is 0.0597. The average Bonchev–Trinajstić information content (AvgIpc) is 1.99. The first-order valence-corrected chi connectivity index (χ1v) is 3.41. The van der Waals surface area contributed by atoms with Crippen LogP contribution in [0.25, 0.3) is 0 Å². The Hall–Kier alpha value is -0.120. The lowest BCUT2D eigenvalue weighted by molar-refractivity contribution is 0.00148. The minimum Gasteiger partial charge on any atom is -0.394 e. The van der Waals surface area contributed by atoms with E-state index in [1.54, 1.807) is 14.2 Å². The Labute approximate surface area is 62.0 Å². The topological polar surface area (TPSA) is 38.7 Å². The molecular weight excluding hydrogens is 132 g/mol. The van der Waals surface area contributed by atoms with E-state index < -0.39 is 0 Å². The Balaban J connectivity index is 3.41. The summed E-state index contributed by atoms with van der Waals surface area (Å²) in [4.78, 5) is 0. The van der Waals surface area contributed by atoms with Crippen molar-refractivity contribution >= 4 is 0 Å². The molecule has 2 atom stereocenters. The Kier molecular flexibility index (Phi) is 5.58. The Morgan fingerprint density at radius 2 is 1.90 bits per heavy atom. The molecule has 1 N–H and O–H groups in total. The first-order valence-electron chi connectivity index (χ1n) is 3.41. The van der Waals surface area contributed by atoms with Crippen molar-refractivity contribution in [2.75, 3.05) is 20.8 Å². The van der Waals surface area contributed by atoms with Gasteiger partial charge < -0.3 is 14.6 Å². The van der Waals surface area contributed by atoms with Crippen molar-refractivity contribution < 1.29 is 14.6 Å². The molecule has 3 nitrogen and oxygen atoms in total. The molecule has 0 aliphatic heterocycles. The van der Waals surface area contributed by atoms with Crippen molar-refractivity contribution in [3.8, 4) is 0 Å². The highest BCUT2D eigenvalue weighted by atomic mass is 16.5. The molecule has 0 radical (unpaired) electrons. The normalized spacial score (nSPS) is 16.8. The summed E-state index contributed by atoms with van der Waals surface area (Å²) in [5.41, 5.74) is 0. The molecule has 0 fully saturated rings. The molecule has 0 aliphatic rings. The van der Waals surface area contributed by atoms with Crippen molar-refractivity contribution in [1.29, 1.82) is 0 Å². The molecule has 0 saturated carbocycles. The van der Waals surface area contributed by atoms with E-state index in [1.807, 2.05) is 6.92 Å². The maximum absolute atomic E-state index is 8.69. The summed E-state index contributed by atoms with van der Waals surface area (Å²) >= 11 is 0. The van der Waals surface area contributed by atoms with E-state index in [4.69, 9.17) is 14.6 Å². The zero-order valence-electron chi connectivity index (χ0n) is 6.83. The van der Waals surface area contributed by atoms with Crippen LogP contribution in [0.3, 0.4) is 0 Å². The highest BCUT2D eigenvalue weighted by Crippen LogP contribution is 2.02. The molecule has 0 heterocycles. The largest absolute Gasteiger partial charge is 0.394 e. The van der Waals surface area contributed by atoms with E-state index in [0.717, 1.165) is 6.42 Å². The number of methoxy groups -OCH3 is 2. The third-order valence-electron chi connectivity index (χ3n) is 1.53. The van der Waals surface area contributed by atoms with E-state index in [2.05, 4.69) is 0 Å². The minimum atomic E-state index is -0.0880. The van der Waals surface area contributed by atoms with Gasteiger partial charge in [0, 0.05) is 20.6 Å². The van der Waals surface area contributed by atoms with Gasteiger partial charge in [-0.2, -0.15) is 0 Å². The number of rotatable bonds is 5. The molecule has 2 unspecified atom stereocenters. The van der Waals surface area contributed by atoms with Crippen molar-refractivity contribution in [2.45, 2.75) is 25.6 Å². The van der Waals surface area contributed by atoms with Crippen LogP contribution in [0.4, 0.5) is 0 Å². The van der Waals surface area contributed by atoms with Gasteiger partial charge in [0.2, 0.25) is 0 Å². The van der Waals surface area contributed by atoms with Gasteiger partial charge in [0.1, 0.15) is 0 Å². The molecule has 3 heteroatoms. The fraction of sp³-hybridized carbons (Fsp3) is 1.00. The third-order valence-corrected chi connectivity index (χ3v) is 1.53. The summed E-state index contributed by atoms with van der Waals surface area (Å²) in [6, 6.07) is 0. The first kappa shape index (κ1) is 9.88. The number of hydrogen-bond donors (Lipinski definition) is 1. The van der Waals surface area contributed by atoms with Gasteiger partial charge in [0.05, 0.1) is 18.8 Å². The summed E-state index contributed by atoms with van der Waals surface area (Å²) in [5.74, 6) is 0. The van der Waals surface area contributed by atoms with Crippen LogP contribution < -0.4 is 0 Å². The van der Waals surface area contributed by atoms with Crippen LogP contribution >= 0.6 is 0 Å². The van der Waals surface area contributed by atoms with E-state index >= 15 is 0 Å². The maximum atomic E-state index is 8.69. The molecule has 0 aromatic carbocycles. The van der Waals surface area contributed by atoms with Gasteiger partial charge >= 0.3 is 0 Å². The second-order valence-corrected chi connectivity index (χ2v) is 2.32. The molecule has 0 spiro atoms. The second-order valence-electron chi connectivity index (χ2n) is 2.32. The average molecular weight is 148 g/mol. The summed E-state index contributed by atoms with van der Waals surface area (Å²) in [6.07, 6.45) is 0.802. The zero-order chi connectivity index (χ0) is 7.98. The van der Waals surface area contributed by atoms with E-state index in [0.29, 0.717) is 0 Å². The monoisotopic (exact) mass is 148 g/mol. The van der Waals surface area contributed by atoms with Crippen molar-refractivity contribution in [2.24, 2.45) is 0 Å². The summed E-state index contributed by atoms with van der Waals surface area (Å²) in [6.45, 7) is 2.01. The van der Waals surface area contributed by atoms with Gasteiger partial charge in [-0.15, -0.1) is 0 Å². The van der Waals surface area contributed by atoms with Gasteiger partial charge in [-0.1, -0.05) is 0 Å². The smallest absolute Gasteiger partial charge is 0.0826 e. The van der Waals surface area contributed by atoms with Crippen LogP contribution in [-0.4, -0.2) is 38.1 Å². The molecule has 0 bridgehead atoms. The molecule has 0 saturated heterocycles. The standard InChI is InChI=1S/C7H16O3/c1-6(9-2)4-7(5-8)10-3/h6-8H,4-5H2,1-3H3. The lowest BCUT2D eigenvalue weighted by atomic mass is 10.2. The number of hydrogen-bond acceptors (Lipinski definition) is 3. The SMILES string of the molecule is COC(C)CC(CO)OC. The maximum Gasteiger partial charge on any atom is 0.0826 e. The Bertz CT molecular complexity index is 71.3. The van der Waals surface area contributed by atoms with E-state index in [-0.39, 0.29) is 18.8 Å². The highest BCUT2D eigenvalue weighted by molar-refractivity contribution is 4.59. The van der Waals surface area contributed by atoms with Crippen LogP contribution in [0.1, 0.15) is 13.3 Å². The molecular formula is C7H16O3. The molecule has 10 heavy (non-hydrogen) atoms. The number of aliphatic hydroxyl groups is 1. The van der Waals surface area contributed by atoms with Crippen LogP contribution in [-0.2, 0) is 9.47 Å². The van der Waals surface area contributed by atoms with E-state index in [9.17, 15) is 0 Å². The predicted octanol–water partition coefficient (Wildman–Crippen LogP) is 0.419. The Morgan fingerprint density at radius 1 is 1.30 bits per heavy atom. The third kappa shape index (κ3) is 3.82. The van der Waals surface area contributed by atoms with Crippen molar-refractivity contribution in [3.05, 3.63) is 0 Å². The lowest BCUT2D eigenvalue weighted by Crippen LogP contribution is -2.22. The molecule has 0 aromatic heterocycles. The summed E-state index contributed by atoms with van der Waals surface area (Å²) in [5, 5.41) is 8.69. The van der Waals surface area contributed by atoms with Gasteiger partial charge in [-0.25, -0.2) is 0 Å². The van der Waals surface area contributed by atoms with Gasteiger partial charge in [0.25, 0.3) is 0 Å². The highest BCUT2D eigenvalue weighted by Gasteiger charge is 2.09. The second kappa shape index (κ2) is 5.65. The quantitative estimate of drug-likeness (QED) is 0.614. The fourth-order valence-corrected chi connectivity index (χ4v) is 0.712. The molecule has 0 aromatic rings. The lowest BCUT2D eigenvalue weighted by Gasteiger charge is -2.15. The van der Waals surface area contributed by atoms with E-state index in [1.165, 1.54) is 0 Å². The van der Waals surface area contributed by atoms with Gasteiger partial charge in [-0.3, -0.25) is 0 Å². The van der Waals surface area contributed by atoms with Crippen LogP contribution in [0.15, 0.2) is 0 Å².